The van der Waals surface area contributed by atoms with Gasteiger partial charge >= 0.3 is 0 Å². The Kier molecular flexibility index (Phi) is 5.15. The van der Waals surface area contributed by atoms with Gasteiger partial charge in [0.25, 0.3) is 0 Å². The van der Waals surface area contributed by atoms with E-state index in [1.165, 1.54) is 0 Å². The summed E-state index contributed by atoms with van der Waals surface area (Å²) < 4.78 is 4.93. The average molecular weight is 239 g/mol. The first-order valence-corrected chi connectivity index (χ1v) is 5.26. The topological polar surface area (TPSA) is 116 Å². The number of nitrogen functional groups attached to an aromatic ring is 1. The second-order valence-electron chi connectivity index (χ2n) is 3.52. The lowest BCUT2D eigenvalue weighted by atomic mass is 10.3. The van der Waals surface area contributed by atoms with Crippen LogP contribution in [0.1, 0.15) is 18.7 Å². The van der Waals surface area contributed by atoms with E-state index in [0.29, 0.717) is 43.5 Å². The summed E-state index contributed by atoms with van der Waals surface area (Å²) in [4.78, 5) is 18.7. The molecule has 0 aliphatic heterocycles. The molecule has 1 aromatic heterocycles. The summed E-state index contributed by atoms with van der Waals surface area (Å²) in [6.07, 6.45) is 0.997. The zero-order chi connectivity index (χ0) is 12.7. The smallest absolute Gasteiger partial charge is 0.217 e. The second-order valence-corrected chi connectivity index (χ2v) is 3.52. The van der Waals surface area contributed by atoms with Crippen LogP contribution in [0.3, 0.4) is 0 Å². The Morgan fingerprint density at radius 3 is 2.94 bits per heavy atom. The maximum absolute atomic E-state index is 10.5. The number of aromatic nitrogens is 2. The number of nitrogens with zero attached hydrogens (tertiary/aromatic N) is 2. The van der Waals surface area contributed by atoms with Gasteiger partial charge in [-0.1, -0.05) is 0 Å². The first-order chi connectivity index (χ1) is 8.11. The Morgan fingerprint density at radius 2 is 2.29 bits per heavy atom. The molecule has 0 fully saturated rings. The van der Waals surface area contributed by atoms with Crippen LogP contribution in [0.15, 0.2) is 6.07 Å². The van der Waals surface area contributed by atoms with Crippen LogP contribution in [0.5, 0.6) is 0 Å². The Hall–Kier alpha value is -1.89. The molecule has 94 valence electrons. The molecule has 7 heteroatoms. The summed E-state index contributed by atoms with van der Waals surface area (Å²) in [5.41, 5.74) is 10.7. The Balaban J connectivity index is 2.49. The Labute approximate surface area is 99.6 Å². The minimum Gasteiger partial charge on any atom is -0.384 e. The first-order valence-electron chi connectivity index (χ1n) is 5.26. The van der Waals surface area contributed by atoms with Gasteiger partial charge in [0.1, 0.15) is 18.2 Å². The maximum atomic E-state index is 10.5. The van der Waals surface area contributed by atoms with Crippen LogP contribution in [0, 0.1) is 0 Å². The van der Waals surface area contributed by atoms with E-state index in [0.717, 1.165) is 0 Å². The van der Waals surface area contributed by atoms with E-state index < -0.39 is 0 Å². The SMILES string of the molecule is COCc1nc(N)cc(NCCCC(N)=O)n1. The highest BCUT2D eigenvalue weighted by molar-refractivity contribution is 5.73. The van der Waals surface area contributed by atoms with E-state index in [1.54, 1.807) is 13.2 Å². The van der Waals surface area contributed by atoms with E-state index >= 15 is 0 Å². The molecule has 1 aromatic rings. The van der Waals surface area contributed by atoms with E-state index in [9.17, 15) is 4.79 Å². The van der Waals surface area contributed by atoms with Crippen LogP contribution in [-0.2, 0) is 16.1 Å². The van der Waals surface area contributed by atoms with Crippen LogP contribution < -0.4 is 16.8 Å². The van der Waals surface area contributed by atoms with Crippen molar-refractivity contribution in [1.29, 1.82) is 0 Å². The Bertz CT molecular complexity index is 383. The lowest BCUT2D eigenvalue weighted by Crippen LogP contribution is -2.13. The van der Waals surface area contributed by atoms with Gasteiger partial charge in [-0.2, -0.15) is 0 Å². The fourth-order valence-electron chi connectivity index (χ4n) is 1.28. The number of hydrogen-bond acceptors (Lipinski definition) is 6. The van der Waals surface area contributed by atoms with Gasteiger partial charge in [0.05, 0.1) is 0 Å². The molecule has 0 saturated carbocycles. The van der Waals surface area contributed by atoms with Crippen molar-refractivity contribution in [3.05, 3.63) is 11.9 Å². The second kappa shape index (κ2) is 6.64. The molecular formula is C10H17N5O2. The highest BCUT2D eigenvalue weighted by atomic mass is 16.5. The number of carbonyl (C=O) groups excluding carboxylic acids is 1. The number of rotatable bonds is 7. The molecule has 0 aliphatic carbocycles. The molecule has 0 aromatic carbocycles. The minimum atomic E-state index is -0.311. The molecule has 5 N–H and O–H groups in total. The van der Waals surface area contributed by atoms with E-state index in [4.69, 9.17) is 16.2 Å². The molecule has 0 radical (unpaired) electrons. The lowest BCUT2D eigenvalue weighted by Gasteiger charge is -2.07. The number of ether oxygens (including phenoxy) is 1. The number of nitrogens with one attached hydrogen (secondary N) is 1. The molecule has 1 rings (SSSR count). The third kappa shape index (κ3) is 5.12. The molecule has 0 atom stereocenters. The third-order valence-corrected chi connectivity index (χ3v) is 1.97. The lowest BCUT2D eigenvalue weighted by molar-refractivity contribution is -0.118. The predicted molar refractivity (Wildman–Crippen MR) is 64.1 cm³/mol. The standard InChI is InChI=1S/C10H17N5O2/c1-17-6-10-14-7(11)5-9(15-10)13-4-2-3-8(12)16/h5H,2-4,6H2,1H3,(H2,12,16)(H3,11,13,14,15). The number of anilines is 2. The number of primary amides is 1. The summed E-state index contributed by atoms with van der Waals surface area (Å²) in [5.74, 6) is 1.21. The normalized spacial score (nSPS) is 10.2. The van der Waals surface area contributed by atoms with Gasteiger partial charge in [-0.15, -0.1) is 0 Å². The third-order valence-electron chi connectivity index (χ3n) is 1.97. The van der Waals surface area contributed by atoms with Crippen LogP contribution in [-0.4, -0.2) is 29.5 Å². The van der Waals surface area contributed by atoms with Crippen molar-refractivity contribution in [2.24, 2.45) is 5.73 Å². The van der Waals surface area contributed by atoms with Crippen molar-refractivity contribution >= 4 is 17.5 Å². The van der Waals surface area contributed by atoms with Gasteiger partial charge < -0.3 is 21.5 Å². The summed E-state index contributed by atoms with van der Waals surface area (Å²) in [5, 5.41) is 3.05. The van der Waals surface area contributed by atoms with Crippen molar-refractivity contribution in [2.45, 2.75) is 19.4 Å². The summed E-state index contributed by atoms with van der Waals surface area (Å²) in [6, 6.07) is 1.63. The maximum Gasteiger partial charge on any atom is 0.217 e. The number of carbonyl (C=O) groups is 1. The van der Waals surface area contributed by atoms with Crippen LogP contribution >= 0.6 is 0 Å². The van der Waals surface area contributed by atoms with Crippen molar-refractivity contribution in [3.63, 3.8) is 0 Å². The van der Waals surface area contributed by atoms with Gasteiger partial charge in [0.15, 0.2) is 5.82 Å². The molecule has 0 aliphatic rings. The van der Waals surface area contributed by atoms with Crippen molar-refractivity contribution in [3.8, 4) is 0 Å². The van der Waals surface area contributed by atoms with Crippen LogP contribution in [0.25, 0.3) is 0 Å². The number of nitrogens with two attached hydrogens (primary N) is 2. The molecule has 0 saturated heterocycles. The van der Waals surface area contributed by atoms with Crippen molar-refractivity contribution < 1.29 is 9.53 Å². The molecular weight excluding hydrogens is 222 g/mol. The van der Waals surface area contributed by atoms with Crippen LogP contribution in [0.4, 0.5) is 11.6 Å². The number of methoxy groups -OCH3 is 1. The quantitative estimate of drug-likeness (QED) is 0.571. The van der Waals surface area contributed by atoms with E-state index in [2.05, 4.69) is 15.3 Å². The largest absolute Gasteiger partial charge is 0.384 e. The zero-order valence-corrected chi connectivity index (χ0v) is 9.77. The van der Waals surface area contributed by atoms with Crippen molar-refractivity contribution in [2.75, 3.05) is 24.7 Å². The van der Waals surface area contributed by atoms with Gasteiger partial charge in [-0.05, 0) is 6.42 Å². The average Bonchev–Trinajstić information content (AvgIpc) is 2.24. The number of hydrogen-bond donors (Lipinski definition) is 3. The van der Waals surface area contributed by atoms with Gasteiger partial charge in [-0.25, -0.2) is 9.97 Å². The predicted octanol–water partition coefficient (Wildman–Crippen LogP) is -0.117. The zero-order valence-electron chi connectivity index (χ0n) is 9.77. The molecule has 0 unspecified atom stereocenters. The van der Waals surface area contributed by atoms with E-state index in [-0.39, 0.29) is 5.91 Å². The van der Waals surface area contributed by atoms with Gasteiger partial charge in [0, 0.05) is 26.1 Å². The van der Waals surface area contributed by atoms with E-state index in [1.807, 2.05) is 0 Å². The molecule has 7 nitrogen and oxygen atoms in total. The summed E-state index contributed by atoms with van der Waals surface area (Å²) in [7, 11) is 1.56. The molecule has 17 heavy (non-hydrogen) atoms. The van der Waals surface area contributed by atoms with Gasteiger partial charge in [0.2, 0.25) is 5.91 Å². The summed E-state index contributed by atoms with van der Waals surface area (Å²) >= 11 is 0. The number of amides is 1. The van der Waals surface area contributed by atoms with Gasteiger partial charge in [-0.3, -0.25) is 4.79 Å². The molecule has 0 bridgehead atoms. The monoisotopic (exact) mass is 239 g/mol. The first kappa shape index (κ1) is 13.2. The fraction of sp³-hybridized carbons (Fsp3) is 0.500. The summed E-state index contributed by atoms with van der Waals surface area (Å²) in [6.45, 7) is 0.910. The Morgan fingerprint density at radius 1 is 1.53 bits per heavy atom. The fourth-order valence-corrected chi connectivity index (χ4v) is 1.28. The molecule has 1 heterocycles. The highest BCUT2D eigenvalue weighted by Gasteiger charge is 2.02. The molecule has 1 amide bonds. The molecule has 0 spiro atoms. The minimum absolute atomic E-state index is 0.307. The van der Waals surface area contributed by atoms with Crippen LogP contribution in [0.2, 0.25) is 0 Å². The highest BCUT2D eigenvalue weighted by Crippen LogP contribution is 2.09. The van der Waals surface area contributed by atoms with Crippen molar-refractivity contribution in [1.82, 2.24) is 9.97 Å².